The summed E-state index contributed by atoms with van der Waals surface area (Å²) in [5.74, 6) is 1.65. The highest BCUT2D eigenvalue weighted by Crippen LogP contribution is 2.24. The minimum atomic E-state index is 0.617. The minimum Gasteiger partial charge on any atom is -0.384 e. The van der Waals surface area contributed by atoms with Crippen LogP contribution in [0.3, 0.4) is 0 Å². The lowest BCUT2D eigenvalue weighted by molar-refractivity contribution is 0.199. The summed E-state index contributed by atoms with van der Waals surface area (Å²) in [4.78, 5) is 0. The molecule has 0 N–H and O–H groups in total. The highest BCUT2D eigenvalue weighted by molar-refractivity contribution is 9.10. The third-order valence-electron chi connectivity index (χ3n) is 2.94. The molecule has 0 saturated carbocycles. The number of aromatic nitrogens is 3. The monoisotopic (exact) mass is 352 g/mol. The molecule has 0 atom stereocenters. The van der Waals surface area contributed by atoms with Crippen molar-refractivity contribution in [3.63, 3.8) is 0 Å². The quantitative estimate of drug-likeness (QED) is 0.848. The van der Waals surface area contributed by atoms with Crippen LogP contribution in [0.5, 0.6) is 0 Å². The predicted molar refractivity (Wildman–Crippen MR) is 82.4 cm³/mol. The Kier molecular flexibility index (Phi) is 4.18. The number of ether oxygens (including phenoxy) is 1. The number of rotatable bonds is 4. The van der Waals surface area contributed by atoms with Crippen LogP contribution in [0.1, 0.15) is 11.4 Å². The maximum absolute atomic E-state index is 5.09. The molecule has 0 radical (unpaired) electrons. The van der Waals surface area contributed by atoms with E-state index in [0.717, 1.165) is 32.5 Å². The zero-order valence-corrected chi connectivity index (χ0v) is 13.3. The largest absolute Gasteiger partial charge is 0.384 e. The van der Waals surface area contributed by atoms with Gasteiger partial charge in [0.2, 0.25) is 5.16 Å². The maximum atomic E-state index is 5.09. The lowest BCUT2D eigenvalue weighted by atomic mass is 10.1. The number of hydrogen-bond acceptors (Lipinski definition) is 5. The summed E-state index contributed by atoms with van der Waals surface area (Å²) in [5, 5.41) is 13.9. The zero-order chi connectivity index (χ0) is 13.9. The van der Waals surface area contributed by atoms with Gasteiger partial charge in [-0.1, -0.05) is 39.8 Å². The number of methoxy groups -OCH3 is 1. The van der Waals surface area contributed by atoms with E-state index in [1.165, 1.54) is 0 Å². The third kappa shape index (κ3) is 2.79. The number of thioether (sulfide) groups is 1. The molecule has 2 aromatic rings. The van der Waals surface area contributed by atoms with Gasteiger partial charge in [0.15, 0.2) is 5.82 Å². The molecule has 0 bridgehead atoms. The summed E-state index contributed by atoms with van der Waals surface area (Å²) in [6.45, 7) is 0.617. The topological polar surface area (TPSA) is 52.3 Å². The van der Waals surface area contributed by atoms with Gasteiger partial charge < -0.3 is 4.74 Å². The van der Waals surface area contributed by atoms with Crippen LogP contribution in [0.25, 0.3) is 0 Å². The molecule has 20 heavy (non-hydrogen) atoms. The summed E-state index contributed by atoms with van der Waals surface area (Å²) in [6.07, 6.45) is 0.710. The van der Waals surface area contributed by atoms with E-state index in [9.17, 15) is 0 Å². The number of fused-ring (bicyclic) bond motifs is 1. The average molecular weight is 353 g/mol. The first kappa shape index (κ1) is 13.8. The van der Waals surface area contributed by atoms with Gasteiger partial charge in [-0.05, 0) is 17.7 Å². The molecule has 1 aliphatic heterocycles. The second kappa shape index (κ2) is 6.07. The van der Waals surface area contributed by atoms with Crippen LogP contribution in [-0.4, -0.2) is 40.1 Å². The van der Waals surface area contributed by atoms with E-state index >= 15 is 0 Å². The summed E-state index contributed by atoms with van der Waals surface area (Å²) in [5.41, 5.74) is 2.16. The molecule has 1 aliphatic rings. The van der Waals surface area contributed by atoms with Crippen molar-refractivity contribution in [1.29, 1.82) is 0 Å². The van der Waals surface area contributed by atoms with Gasteiger partial charge in [-0.25, -0.2) is 0 Å². The first-order chi connectivity index (χ1) is 9.78. The number of hydrogen-bond donors (Lipinski definition) is 0. The second-order valence-corrected chi connectivity index (χ2v) is 6.15. The van der Waals surface area contributed by atoms with Crippen LogP contribution in [0, 0.1) is 0 Å². The van der Waals surface area contributed by atoms with Crippen LogP contribution in [0.2, 0.25) is 0 Å². The van der Waals surface area contributed by atoms with Gasteiger partial charge in [0, 0.05) is 23.8 Å². The van der Waals surface area contributed by atoms with Crippen molar-refractivity contribution in [2.75, 3.05) is 19.5 Å². The summed E-state index contributed by atoms with van der Waals surface area (Å²) >= 11 is 5.10. The van der Waals surface area contributed by atoms with Gasteiger partial charge in [0.1, 0.15) is 0 Å². The van der Waals surface area contributed by atoms with E-state index < -0.39 is 0 Å². The van der Waals surface area contributed by atoms with E-state index in [4.69, 9.17) is 4.74 Å². The standard InChI is InChI=1S/C13H13BrN4OS/c1-19-7-6-12-15-16-13-18(12)17-11(8-20-13)9-2-4-10(14)5-3-9/h2-5H,6-8H2,1H3. The van der Waals surface area contributed by atoms with Gasteiger partial charge in [-0.2, -0.15) is 9.78 Å². The van der Waals surface area contributed by atoms with Crippen molar-refractivity contribution >= 4 is 33.4 Å². The fraction of sp³-hybridized carbons (Fsp3) is 0.308. The maximum Gasteiger partial charge on any atom is 0.212 e. The molecule has 1 aromatic carbocycles. The smallest absolute Gasteiger partial charge is 0.212 e. The Hall–Kier alpha value is -1.18. The number of halogens is 1. The molecule has 104 valence electrons. The van der Waals surface area contributed by atoms with Crippen LogP contribution in [0.15, 0.2) is 39.0 Å². The first-order valence-corrected chi connectivity index (χ1v) is 7.95. The van der Waals surface area contributed by atoms with Gasteiger partial charge >= 0.3 is 0 Å². The molecule has 0 fully saturated rings. The van der Waals surface area contributed by atoms with Gasteiger partial charge in [0.25, 0.3) is 0 Å². The van der Waals surface area contributed by atoms with E-state index in [1.807, 2.05) is 16.8 Å². The molecule has 0 spiro atoms. The highest BCUT2D eigenvalue weighted by atomic mass is 79.9. The molecule has 1 aromatic heterocycles. The Morgan fingerprint density at radius 1 is 1.30 bits per heavy atom. The average Bonchev–Trinajstić information content (AvgIpc) is 2.88. The van der Waals surface area contributed by atoms with Crippen molar-refractivity contribution in [3.8, 4) is 0 Å². The van der Waals surface area contributed by atoms with Crippen LogP contribution in [-0.2, 0) is 11.2 Å². The first-order valence-electron chi connectivity index (χ1n) is 6.18. The Bertz CT molecular complexity index is 638. The third-order valence-corrected chi connectivity index (χ3v) is 4.40. The minimum absolute atomic E-state index is 0.617. The highest BCUT2D eigenvalue weighted by Gasteiger charge is 2.19. The molecule has 0 aliphatic carbocycles. The van der Waals surface area contributed by atoms with E-state index in [1.54, 1.807) is 18.9 Å². The van der Waals surface area contributed by atoms with Crippen LogP contribution in [0.4, 0.5) is 0 Å². The molecule has 0 saturated heterocycles. The molecule has 0 amide bonds. The second-order valence-electron chi connectivity index (χ2n) is 4.30. The Balaban J connectivity index is 1.92. The number of nitrogens with zero attached hydrogens (tertiary/aromatic N) is 4. The summed E-state index contributed by atoms with van der Waals surface area (Å²) < 4.78 is 7.98. The van der Waals surface area contributed by atoms with Crippen molar-refractivity contribution in [1.82, 2.24) is 14.9 Å². The molecule has 5 nitrogen and oxygen atoms in total. The van der Waals surface area contributed by atoms with Crippen LogP contribution < -0.4 is 0 Å². The molecule has 2 heterocycles. The molecule has 3 rings (SSSR count). The van der Waals surface area contributed by atoms with E-state index in [-0.39, 0.29) is 0 Å². The molecular formula is C13H13BrN4OS. The Labute approximate surface area is 129 Å². The van der Waals surface area contributed by atoms with E-state index in [0.29, 0.717) is 13.0 Å². The summed E-state index contributed by atoms with van der Waals surface area (Å²) in [6, 6.07) is 8.17. The number of benzene rings is 1. The van der Waals surface area contributed by atoms with Crippen molar-refractivity contribution in [2.45, 2.75) is 11.6 Å². The molecule has 0 unspecified atom stereocenters. The van der Waals surface area contributed by atoms with E-state index in [2.05, 4.69) is 43.4 Å². The summed E-state index contributed by atoms with van der Waals surface area (Å²) in [7, 11) is 1.68. The Morgan fingerprint density at radius 3 is 2.85 bits per heavy atom. The SMILES string of the molecule is COCCc1nnc2n1N=C(c1ccc(Br)cc1)CS2. The van der Waals surface area contributed by atoms with Crippen molar-refractivity contribution in [2.24, 2.45) is 5.10 Å². The fourth-order valence-electron chi connectivity index (χ4n) is 1.90. The lowest BCUT2D eigenvalue weighted by Crippen LogP contribution is -2.15. The lowest BCUT2D eigenvalue weighted by Gasteiger charge is -2.13. The normalized spacial score (nSPS) is 14.0. The van der Waals surface area contributed by atoms with Crippen molar-refractivity contribution < 1.29 is 4.74 Å². The molecular weight excluding hydrogens is 340 g/mol. The molecule has 7 heteroatoms. The zero-order valence-electron chi connectivity index (χ0n) is 10.9. The fourth-order valence-corrected chi connectivity index (χ4v) is 3.02. The van der Waals surface area contributed by atoms with Crippen molar-refractivity contribution in [3.05, 3.63) is 40.1 Å². The predicted octanol–water partition coefficient (Wildman–Crippen LogP) is 2.59. The van der Waals surface area contributed by atoms with Gasteiger partial charge in [-0.15, -0.1) is 10.2 Å². The Morgan fingerprint density at radius 2 is 2.10 bits per heavy atom. The van der Waals surface area contributed by atoms with Crippen LogP contribution >= 0.6 is 27.7 Å². The van der Waals surface area contributed by atoms with Gasteiger partial charge in [0.05, 0.1) is 12.3 Å². The van der Waals surface area contributed by atoms with Gasteiger partial charge in [-0.3, -0.25) is 0 Å².